The van der Waals surface area contributed by atoms with Crippen LogP contribution in [0.25, 0.3) is 0 Å². The summed E-state index contributed by atoms with van der Waals surface area (Å²) in [7, 11) is 0. The third-order valence-corrected chi connectivity index (χ3v) is 3.33. The maximum Gasteiger partial charge on any atom is 0.323 e. The minimum absolute atomic E-state index is 0.0607. The Balaban J connectivity index is 2.13. The lowest BCUT2D eigenvalue weighted by molar-refractivity contribution is -0.146. The molecule has 1 aromatic carbocycles. The number of ether oxygens (including phenoxy) is 1. The van der Waals surface area contributed by atoms with E-state index in [9.17, 15) is 9.59 Å². The van der Waals surface area contributed by atoms with Crippen molar-refractivity contribution >= 4 is 11.9 Å². The molecule has 112 valence electrons. The van der Waals surface area contributed by atoms with E-state index in [1.165, 1.54) is 0 Å². The molecule has 3 N–H and O–H groups in total. The van der Waals surface area contributed by atoms with E-state index in [1.807, 2.05) is 42.5 Å². The molecule has 2 rings (SSSR count). The van der Waals surface area contributed by atoms with Gasteiger partial charge in [-0.3, -0.25) is 9.59 Å². The van der Waals surface area contributed by atoms with Crippen LogP contribution in [0.1, 0.15) is 30.9 Å². The van der Waals surface area contributed by atoms with Gasteiger partial charge in [-0.25, -0.2) is 0 Å². The molecule has 0 radical (unpaired) electrons. The number of benzene rings is 1. The van der Waals surface area contributed by atoms with Crippen LogP contribution >= 0.6 is 0 Å². The Morgan fingerprint density at radius 1 is 1.14 bits per heavy atom. The van der Waals surface area contributed by atoms with E-state index in [0.717, 1.165) is 5.56 Å². The molecular weight excluding hydrogens is 268 g/mol. The van der Waals surface area contributed by atoms with E-state index in [4.69, 9.17) is 10.5 Å². The van der Waals surface area contributed by atoms with Gasteiger partial charge in [-0.2, -0.15) is 0 Å². The first-order chi connectivity index (χ1) is 10.2. The lowest BCUT2D eigenvalue weighted by Gasteiger charge is -2.20. The summed E-state index contributed by atoms with van der Waals surface area (Å²) in [6.45, 7) is 0.0893. The van der Waals surface area contributed by atoms with Gasteiger partial charge in [-0.1, -0.05) is 42.5 Å². The minimum atomic E-state index is -0.659. The van der Waals surface area contributed by atoms with E-state index >= 15 is 0 Å². The minimum Gasteiger partial charge on any atom is -0.462 e. The number of cyclic esters (lactones) is 1. The van der Waals surface area contributed by atoms with Crippen molar-refractivity contribution in [2.24, 2.45) is 5.73 Å². The fraction of sp³-hybridized carbons (Fsp3) is 0.375. The number of hydrogen-bond donors (Lipinski definition) is 2. The van der Waals surface area contributed by atoms with Crippen LogP contribution in [0.4, 0.5) is 0 Å². The van der Waals surface area contributed by atoms with Gasteiger partial charge >= 0.3 is 5.97 Å². The molecule has 0 saturated heterocycles. The summed E-state index contributed by atoms with van der Waals surface area (Å²) in [6.07, 6.45) is 5.15. The number of nitrogens with two attached hydrogens (primary N) is 1. The summed E-state index contributed by atoms with van der Waals surface area (Å²) in [6, 6.07) is 8.44. The molecule has 0 spiro atoms. The molecule has 5 nitrogen and oxygen atoms in total. The van der Waals surface area contributed by atoms with Crippen molar-refractivity contribution in [1.29, 1.82) is 0 Å². The fourth-order valence-electron chi connectivity index (χ4n) is 2.12. The summed E-state index contributed by atoms with van der Waals surface area (Å²) < 4.78 is 5.23. The molecule has 0 fully saturated rings. The van der Waals surface area contributed by atoms with E-state index < -0.39 is 12.0 Å². The zero-order valence-electron chi connectivity index (χ0n) is 11.8. The van der Waals surface area contributed by atoms with E-state index in [2.05, 4.69) is 5.32 Å². The molecule has 2 atom stereocenters. The van der Waals surface area contributed by atoms with Crippen LogP contribution in [0.3, 0.4) is 0 Å². The average Bonchev–Trinajstić information content (AvgIpc) is 2.50. The Morgan fingerprint density at radius 3 is 2.67 bits per heavy atom. The Hall–Kier alpha value is -2.14. The second kappa shape index (κ2) is 7.59. The van der Waals surface area contributed by atoms with Crippen molar-refractivity contribution in [3.63, 3.8) is 0 Å². The monoisotopic (exact) mass is 288 g/mol. The number of carbonyl (C=O) groups is 2. The predicted octanol–water partition coefficient (Wildman–Crippen LogP) is 1.45. The number of carbonyl (C=O) groups excluding carboxylic acids is 2. The quantitative estimate of drug-likeness (QED) is 0.605. The van der Waals surface area contributed by atoms with Crippen molar-refractivity contribution in [3.8, 4) is 0 Å². The van der Waals surface area contributed by atoms with Gasteiger partial charge in [0.2, 0.25) is 5.91 Å². The maximum absolute atomic E-state index is 11.9. The van der Waals surface area contributed by atoms with E-state index in [-0.39, 0.29) is 18.6 Å². The normalized spacial score (nSPS) is 24.4. The molecule has 0 aliphatic carbocycles. The number of nitrogens with one attached hydrogen (secondary N) is 1. The second-order valence-electron chi connectivity index (χ2n) is 5.01. The molecule has 1 amide bonds. The molecule has 0 saturated carbocycles. The Morgan fingerprint density at radius 2 is 1.90 bits per heavy atom. The lowest BCUT2D eigenvalue weighted by atomic mass is 10.1. The summed E-state index contributed by atoms with van der Waals surface area (Å²) in [4.78, 5) is 23.7. The number of esters is 1. The highest BCUT2D eigenvalue weighted by molar-refractivity contribution is 5.77. The van der Waals surface area contributed by atoms with Gasteiger partial charge in [-0.05, 0) is 18.4 Å². The Kier molecular flexibility index (Phi) is 5.51. The lowest BCUT2D eigenvalue weighted by Crippen LogP contribution is -2.36. The van der Waals surface area contributed by atoms with Crippen LogP contribution < -0.4 is 11.1 Å². The number of amides is 1. The average molecular weight is 288 g/mol. The fourth-order valence-corrected chi connectivity index (χ4v) is 2.12. The zero-order chi connectivity index (χ0) is 15.1. The second-order valence-corrected chi connectivity index (χ2v) is 5.01. The number of rotatable bonds is 1. The molecule has 1 unspecified atom stereocenters. The van der Waals surface area contributed by atoms with E-state index in [0.29, 0.717) is 19.3 Å². The molecule has 1 aromatic rings. The van der Waals surface area contributed by atoms with Gasteiger partial charge in [0.25, 0.3) is 0 Å². The van der Waals surface area contributed by atoms with Crippen LogP contribution in [0, 0.1) is 0 Å². The SMILES string of the molecule is N[C@@H]1CC=CCCC(=O)NC(c2ccccc2)COC1=O. The maximum atomic E-state index is 11.9. The highest BCUT2D eigenvalue weighted by Gasteiger charge is 2.20. The Bertz CT molecular complexity index is 514. The van der Waals surface area contributed by atoms with Crippen molar-refractivity contribution in [1.82, 2.24) is 5.32 Å². The summed E-state index contributed by atoms with van der Waals surface area (Å²) >= 11 is 0. The summed E-state index contributed by atoms with van der Waals surface area (Å²) in [5.74, 6) is -0.509. The van der Waals surface area contributed by atoms with Crippen LogP contribution in [-0.4, -0.2) is 24.5 Å². The van der Waals surface area contributed by atoms with Crippen molar-refractivity contribution in [3.05, 3.63) is 48.0 Å². The van der Waals surface area contributed by atoms with Crippen LogP contribution in [0.5, 0.6) is 0 Å². The van der Waals surface area contributed by atoms with Gasteiger partial charge in [0.1, 0.15) is 12.6 Å². The number of allylic oxidation sites excluding steroid dienone is 1. The van der Waals surface area contributed by atoms with Crippen LogP contribution in [0.15, 0.2) is 42.5 Å². The van der Waals surface area contributed by atoms with E-state index in [1.54, 1.807) is 0 Å². The van der Waals surface area contributed by atoms with Crippen molar-refractivity contribution in [2.45, 2.75) is 31.3 Å². The third kappa shape index (κ3) is 4.72. The topological polar surface area (TPSA) is 81.4 Å². The third-order valence-electron chi connectivity index (χ3n) is 3.33. The molecule has 5 heteroatoms. The first kappa shape index (κ1) is 15.3. The molecular formula is C16H20N2O3. The molecule has 21 heavy (non-hydrogen) atoms. The largest absolute Gasteiger partial charge is 0.462 e. The molecule has 1 aliphatic rings. The van der Waals surface area contributed by atoms with Gasteiger partial charge in [0.05, 0.1) is 6.04 Å². The highest BCUT2D eigenvalue weighted by Crippen LogP contribution is 2.14. The first-order valence-corrected chi connectivity index (χ1v) is 7.08. The number of hydrogen-bond acceptors (Lipinski definition) is 4. The smallest absolute Gasteiger partial charge is 0.323 e. The van der Waals surface area contributed by atoms with Crippen LogP contribution in [-0.2, 0) is 14.3 Å². The van der Waals surface area contributed by atoms with Crippen molar-refractivity contribution < 1.29 is 14.3 Å². The van der Waals surface area contributed by atoms with Crippen molar-refractivity contribution in [2.75, 3.05) is 6.61 Å². The summed E-state index contributed by atoms with van der Waals surface area (Å²) in [5, 5.41) is 2.90. The summed E-state index contributed by atoms with van der Waals surface area (Å²) in [5.41, 5.74) is 6.66. The molecule has 1 heterocycles. The molecule has 1 aliphatic heterocycles. The standard InChI is InChI=1S/C16H20N2O3/c17-13-9-5-2-6-10-15(19)18-14(11-21-16(13)20)12-7-3-1-4-8-12/h1-5,7-8,13-14H,6,9-11,17H2,(H,18,19)/t13-,14?/m1/s1. The van der Waals surface area contributed by atoms with Gasteiger partial charge in [0.15, 0.2) is 0 Å². The van der Waals surface area contributed by atoms with Gasteiger partial charge in [-0.15, -0.1) is 0 Å². The van der Waals surface area contributed by atoms with Gasteiger partial charge in [0, 0.05) is 6.42 Å². The van der Waals surface area contributed by atoms with Gasteiger partial charge < -0.3 is 15.8 Å². The predicted molar refractivity (Wildman–Crippen MR) is 79.3 cm³/mol. The van der Waals surface area contributed by atoms with Crippen LogP contribution in [0.2, 0.25) is 0 Å². The zero-order valence-corrected chi connectivity index (χ0v) is 11.8. The first-order valence-electron chi connectivity index (χ1n) is 7.08. The molecule has 0 bridgehead atoms. The molecule has 0 aromatic heterocycles. The Labute approximate surface area is 124 Å². The highest BCUT2D eigenvalue weighted by atomic mass is 16.5.